The van der Waals surface area contributed by atoms with E-state index in [0.29, 0.717) is 30.2 Å². The standard InChI is InChI=1S/C16H16INO3/c1-20-14-4-2-3-5-15(14)21-11-10-18-16(19)12-6-8-13(17)9-7-12/h2-9H,10-11H2,1H3,(H,18,19). The molecule has 0 atom stereocenters. The number of rotatable bonds is 6. The molecule has 0 radical (unpaired) electrons. The maximum atomic E-state index is 11.9. The highest BCUT2D eigenvalue weighted by Crippen LogP contribution is 2.25. The fourth-order valence-corrected chi connectivity index (χ4v) is 2.13. The Morgan fingerprint density at radius 2 is 1.76 bits per heavy atom. The molecule has 2 aromatic carbocycles. The number of methoxy groups -OCH3 is 1. The minimum atomic E-state index is -0.102. The summed E-state index contributed by atoms with van der Waals surface area (Å²) in [6.07, 6.45) is 0. The van der Waals surface area contributed by atoms with Gasteiger partial charge in [-0.2, -0.15) is 0 Å². The van der Waals surface area contributed by atoms with E-state index in [1.165, 1.54) is 0 Å². The van der Waals surface area contributed by atoms with Gasteiger partial charge in [-0.1, -0.05) is 12.1 Å². The third kappa shape index (κ3) is 4.63. The molecule has 0 aliphatic heterocycles. The van der Waals surface area contributed by atoms with Crippen LogP contribution in [0.2, 0.25) is 0 Å². The lowest BCUT2D eigenvalue weighted by Crippen LogP contribution is -2.28. The predicted molar refractivity (Wildman–Crippen MR) is 90.0 cm³/mol. The lowest BCUT2D eigenvalue weighted by molar-refractivity contribution is 0.0947. The van der Waals surface area contributed by atoms with Crippen LogP contribution in [0.5, 0.6) is 11.5 Å². The number of carbonyl (C=O) groups excluding carboxylic acids is 1. The van der Waals surface area contributed by atoms with E-state index in [-0.39, 0.29) is 5.91 Å². The van der Waals surface area contributed by atoms with Crippen molar-refractivity contribution < 1.29 is 14.3 Å². The Balaban J connectivity index is 1.79. The summed E-state index contributed by atoms with van der Waals surface area (Å²) in [5.74, 6) is 1.25. The zero-order valence-electron chi connectivity index (χ0n) is 11.6. The van der Waals surface area contributed by atoms with E-state index < -0.39 is 0 Å². The third-order valence-electron chi connectivity index (χ3n) is 2.82. The van der Waals surface area contributed by atoms with E-state index in [4.69, 9.17) is 9.47 Å². The van der Waals surface area contributed by atoms with Crippen molar-refractivity contribution in [2.24, 2.45) is 0 Å². The van der Waals surface area contributed by atoms with E-state index in [2.05, 4.69) is 27.9 Å². The highest BCUT2D eigenvalue weighted by molar-refractivity contribution is 14.1. The number of carbonyl (C=O) groups is 1. The molecule has 0 heterocycles. The highest BCUT2D eigenvalue weighted by Gasteiger charge is 2.05. The Hall–Kier alpha value is -1.76. The summed E-state index contributed by atoms with van der Waals surface area (Å²) in [4.78, 5) is 11.9. The number of amides is 1. The summed E-state index contributed by atoms with van der Waals surface area (Å²) in [6, 6.07) is 14.8. The Kier molecular flexibility index (Phi) is 5.86. The largest absolute Gasteiger partial charge is 0.493 e. The van der Waals surface area contributed by atoms with Gasteiger partial charge in [0.15, 0.2) is 11.5 Å². The van der Waals surface area contributed by atoms with Gasteiger partial charge in [-0.15, -0.1) is 0 Å². The van der Waals surface area contributed by atoms with Crippen LogP contribution in [0, 0.1) is 3.57 Å². The molecule has 21 heavy (non-hydrogen) atoms. The lowest BCUT2D eigenvalue weighted by atomic mass is 10.2. The van der Waals surface area contributed by atoms with Crippen molar-refractivity contribution in [3.05, 3.63) is 57.7 Å². The highest BCUT2D eigenvalue weighted by atomic mass is 127. The van der Waals surface area contributed by atoms with Gasteiger partial charge in [0.1, 0.15) is 6.61 Å². The second kappa shape index (κ2) is 7.87. The van der Waals surface area contributed by atoms with Crippen LogP contribution in [0.1, 0.15) is 10.4 Å². The fraction of sp³-hybridized carbons (Fsp3) is 0.188. The first-order valence-electron chi connectivity index (χ1n) is 6.50. The van der Waals surface area contributed by atoms with Crippen LogP contribution in [0.3, 0.4) is 0 Å². The second-order valence-corrected chi connectivity index (χ2v) is 5.51. The van der Waals surface area contributed by atoms with Crippen molar-refractivity contribution in [1.82, 2.24) is 5.32 Å². The number of halogens is 1. The van der Waals surface area contributed by atoms with Gasteiger partial charge in [-0.05, 0) is 59.0 Å². The summed E-state index contributed by atoms with van der Waals surface area (Å²) >= 11 is 2.20. The van der Waals surface area contributed by atoms with E-state index in [1.54, 1.807) is 19.2 Å². The zero-order chi connectivity index (χ0) is 15.1. The SMILES string of the molecule is COc1ccccc1OCCNC(=O)c1ccc(I)cc1. The Labute approximate surface area is 137 Å². The number of para-hydroxylation sites is 2. The molecule has 4 nitrogen and oxygen atoms in total. The first kappa shape index (κ1) is 15.6. The lowest BCUT2D eigenvalue weighted by Gasteiger charge is -2.10. The Morgan fingerprint density at radius 3 is 2.43 bits per heavy atom. The minimum Gasteiger partial charge on any atom is -0.493 e. The van der Waals surface area contributed by atoms with Crippen molar-refractivity contribution in [1.29, 1.82) is 0 Å². The molecule has 110 valence electrons. The molecule has 0 aliphatic rings. The van der Waals surface area contributed by atoms with Crippen LogP contribution in [0.25, 0.3) is 0 Å². The third-order valence-corrected chi connectivity index (χ3v) is 3.54. The number of nitrogens with one attached hydrogen (secondary N) is 1. The number of hydrogen-bond donors (Lipinski definition) is 1. The van der Waals surface area contributed by atoms with Gasteiger partial charge in [0, 0.05) is 9.13 Å². The number of benzene rings is 2. The molecule has 0 aromatic heterocycles. The van der Waals surface area contributed by atoms with Crippen molar-refractivity contribution in [3.63, 3.8) is 0 Å². The van der Waals surface area contributed by atoms with Gasteiger partial charge in [0.05, 0.1) is 13.7 Å². The van der Waals surface area contributed by atoms with Gasteiger partial charge in [0.2, 0.25) is 0 Å². The zero-order valence-corrected chi connectivity index (χ0v) is 13.8. The molecule has 1 amide bonds. The molecule has 0 unspecified atom stereocenters. The molecule has 0 saturated heterocycles. The smallest absolute Gasteiger partial charge is 0.251 e. The molecular weight excluding hydrogens is 381 g/mol. The Morgan fingerprint density at radius 1 is 1.10 bits per heavy atom. The van der Waals surface area contributed by atoms with Crippen LogP contribution < -0.4 is 14.8 Å². The second-order valence-electron chi connectivity index (χ2n) is 4.26. The fourth-order valence-electron chi connectivity index (χ4n) is 1.77. The quantitative estimate of drug-likeness (QED) is 0.602. The van der Waals surface area contributed by atoms with E-state index >= 15 is 0 Å². The first-order valence-corrected chi connectivity index (χ1v) is 7.58. The summed E-state index contributed by atoms with van der Waals surface area (Å²) in [6.45, 7) is 0.819. The van der Waals surface area contributed by atoms with Crippen LogP contribution >= 0.6 is 22.6 Å². The molecule has 0 saturated carbocycles. The van der Waals surface area contributed by atoms with Crippen LogP contribution in [-0.2, 0) is 0 Å². The summed E-state index contributed by atoms with van der Waals surface area (Å²) < 4.78 is 11.9. The first-order chi connectivity index (χ1) is 10.2. The molecule has 0 aliphatic carbocycles. The topological polar surface area (TPSA) is 47.6 Å². The van der Waals surface area contributed by atoms with Gasteiger partial charge in [-0.25, -0.2) is 0 Å². The summed E-state index contributed by atoms with van der Waals surface area (Å²) in [5.41, 5.74) is 0.646. The minimum absolute atomic E-state index is 0.102. The maximum Gasteiger partial charge on any atom is 0.251 e. The molecule has 2 rings (SSSR count). The molecule has 2 aromatic rings. The molecule has 0 spiro atoms. The van der Waals surface area contributed by atoms with Gasteiger partial charge in [0.25, 0.3) is 5.91 Å². The molecular formula is C16H16INO3. The van der Waals surface area contributed by atoms with Crippen LogP contribution in [0.15, 0.2) is 48.5 Å². The Bertz CT molecular complexity index is 599. The average Bonchev–Trinajstić information content (AvgIpc) is 2.52. The molecule has 5 heteroatoms. The van der Waals surface area contributed by atoms with Crippen molar-refractivity contribution in [2.75, 3.05) is 20.3 Å². The number of ether oxygens (including phenoxy) is 2. The van der Waals surface area contributed by atoms with Gasteiger partial charge < -0.3 is 14.8 Å². The maximum absolute atomic E-state index is 11.9. The normalized spacial score (nSPS) is 10.0. The monoisotopic (exact) mass is 397 g/mol. The van der Waals surface area contributed by atoms with Crippen molar-refractivity contribution in [2.45, 2.75) is 0 Å². The average molecular weight is 397 g/mol. The van der Waals surface area contributed by atoms with E-state index in [9.17, 15) is 4.79 Å². The van der Waals surface area contributed by atoms with E-state index in [0.717, 1.165) is 3.57 Å². The predicted octanol–water partition coefficient (Wildman–Crippen LogP) is 3.11. The van der Waals surface area contributed by atoms with Crippen molar-refractivity contribution >= 4 is 28.5 Å². The molecule has 1 N–H and O–H groups in total. The van der Waals surface area contributed by atoms with Gasteiger partial charge in [-0.3, -0.25) is 4.79 Å². The molecule has 0 fully saturated rings. The summed E-state index contributed by atoms with van der Waals surface area (Å²) in [7, 11) is 1.60. The van der Waals surface area contributed by atoms with Crippen molar-refractivity contribution in [3.8, 4) is 11.5 Å². The van der Waals surface area contributed by atoms with Gasteiger partial charge >= 0.3 is 0 Å². The van der Waals surface area contributed by atoms with Crippen LogP contribution in [0.4, 0.5) is 0 Å². The number of hydrogen-bond acceptors (Lipinski definition) is 3. The van der Waals surface area contributed by atoms with Crippen LogP contribution in [-0.4, -0.2) is 26.2 Å². The van der Waals surface area contributed by atoms with E-state index in [1.807, 2.05) is 36.4 Å². The molecule has 0 bridgehead atoms. The summed E-state index contributed by atoms with van der Waals surface area (Å²) in [5, 5.41) is 2.82.